The zero-order chi connectivity index (χ0) is 15.1. The van der Waals surface area contributed by atoms with Gasteiger partial charge in [0.1, 0.15) is 0 Å². The average Bonchev–Trinajstić information content (AvgIpc) is 2.54. The van der Waals surface area contributed by atoms with Gasteiger partial charge < -0.3 is 15.7 Å². The molecule has 22 heavy (non-hydrogen) atoms. The largest absolute Gasteiger partial charge is 0.399 e. The SMILES string of the molecule is N=c1ccc2nc3ccc(N)cc3n(-c3ccccc3)c-2c1. The average molecular weight is 286 g/mol. The van der Waals surface area contributed by atoms with Crippen LogP contribution < -0.4 is 11.1 Å². The van der Waals surface area contributed by atoms with Gasteiger partial charge in [-0.25, -0.2) is 4.98 Å². The van der Waals surface area contributed by atoms with Crippen molar-refractivity contribution in [3.8, 4) is 17.1 Å². The Morgan fingerprint density at radius 3 is 2.55 bits per heavy atom. The van der Waals surface area contributed by atoms with E-state index in [0.29, 0.717) is 11.0 Å². The lowest BCUT2D eigenvalue weighted by Gasteiger charge is -2.18. The quantitative estimate of drug-likeness (QED) is 0.417. The topological polar surface area (TPSA) is 67.7 Å². The summed E-state index contributed by atoms with van der Waals surface area (Å²) in [5, 5.41) is 8.38. The van der Waals surface area contributed by atoms with E-state index in [2.05, 4.69) is 9.55 Å². The van der Waals surface area contributed by atoms with Crippen LogP contribution in [0.4, 0.5) is 5.69 Å². The third-order valence-electron chi connectivity index (χ3n) is 3.71. The molecule has 0 bridgehead atoms. The van der Waals surface area contributed by atoms with Crippen molar-refractivity contribution in [1.82, 2.24) is 9.55 Å². The Morgan fingerprint density at radius 1 is 0.909 bits per heavy atom. The number of nitrogens with two attached hydrogens (primary N) is 1. The zero-order valence-electron chi connectivity index (χ0n) is 11.8. The van der Waals surface area contributed by atoms with E-state index in [4.69, 9.17) is 11.1 Å². The van der Waals surface area contributed by atoms with Crippen LogP contribution in [0.5, 0.6) is 0 Å². The normalized spacial score (nSPS) is 11.1. The van der Waals surface area contributed by atoms with Gasteiger partial charge in [0.25, 0.3) is 0 Å². The molecular formula is C18H14N4. The Labute approximate surface area is 127 Å². The molecule has 3 N–H and O–H groups in total. The molecule has 106 valence electrons. The fourth-order valence-electron chi connectivity index (χ4n) is 2.73. The number of para-hydroxylation sites is 1. The molecule has 1 heterocycles. The highest BCUT2D eigenvalue weighted by atomic mass is 15.0. The number of aromatic nitrogens is 2. The number of benzene rings is 3. The van der Waals surface area contributed by atoms with Crippen LogP contribution in [-0.2, 0) is 0 Å². The number of nitrogen functional groups attached to an aromatic ring is 1. The molecule has 2 aromatic rings. The summed E-state index contributed by atoms with van der Waals surface area (Å²) in [6.45, 7) is 0. The molecule has 0 spiro atoms. The first-order chi connectivity index (χ1) is 10.7. The third-order valence-corrected chi connectivity index (χ3v) is 3.71. The summed E-state index contributed by atoms with van der Waals surface area (Å²) in [6.07, 6.45) is 0. The van der Waals surface area contributed by atoms with Gasteiger partial charge in [-0.05, 0) is 48.5 Å². The van der Waals surface area contributed by atoms with Crippen molar-refractivity contribution in [1.29, 1.82) is 5.41 Å². The van der Waals surface area contributed by atoms with Crippen LogP contribution in [0.1, 0.15) is 0 Å². The number of hydrogen-bond donors (Lipinski definition) is 2. The minimum Gasteiger partial charge on any atom is -0.399 e. The molecule has 1 aliphatic carbocycles. The number of anilines is 1. The van der Waals surface area contributed by atoms with Crippen molar-refractivity contribution in [2.45, 2.75) is 0 Å². The van der Waals surface area contributed by atoms with Crippen LogP contribution in [0.15, 0.2) is 66.7 Å². The molecule has 0 saturated carbocycles. The molecule has 0 amide bonds. The lowest BCUT2D eigenvalue weighted by Crippen LogP contribution is -2.10. The summed E-state index contributed by atoms with van der Waals surface area (Å²) in [5.41, 5.74) is 11.3. The molecule has 4 heteroatoms. The Balaban J connectivity index is 2.24. The fraction of sp³-hybridized carbons (Fsp3) is 0. The second-order valence-electron chi connectivity index (χ2n) is 5.23. The highest BCUT2D eigenvalue weighted by molar-refractivity contribution is 5.85. The molecule has 0 saturated heterocycles. The molecule has 4 rings (SSSR count). The van der Waals surface area contributed by atoms with E-state index in [1.54, 1.807) is 6.07 Å². The monoisotopic (exact) mass is 286 g/mol. The van der Waals surface area contributed by atoms with Crippen molar-refractivity contribution in [2.24, 2.45) is 0 Å². The van der Waals surface area contributed by atoms with Crippen molar-refractivity contribution in [3.05, 3.63) is 72.1 Å². The molecule has 4 nitrogen and oxygen atoms in total. The second kappa shape index (κ2) is 4.70. The van der Waals surface area contributed by atoms with Crippen molar-refractivity contribution in [3.63, 3.8) is 0 Å². The minimum atomic E-state index is 0.460. The van der Waals surface area contributed by atoms with E-state index in [-0.39, 0.29) is 0 Å². The summed E-state index contributed by atoms with van der Waals surface area (Å²) in [7, 11) is 0. The van der Waals surface area contributed by atoms with Gasteiger partial charge in [0.2, 0.25) is 0 Å². The Bertz CT molecular complexity index is 1000. The van der Waals surface area contributed by atoms with E-state index in [9.17, 15) is 0 Å². The lowest BCUT2D eigenvalue weighted by atomic mass is 10.1. The standard InChI is InChI=1S/C18H14N4/c19-12-6-8-15-17(10-12)22(14-4-2-1-3-5-14)18-11-13(20)7-9-16(18)21-15/h1-11,19H,20H2. The van der Waals surface area contributed by atoms with Crippen LogP contribution in [0.25, 0.3) is 28.1 Å². The number of nitrogens with one attached hydrogen (secondary N) is 1. The van der Waals surface area contributed by atoms with Gasteiger partial charge >= 0.3 is 0 Å². The number of hydrogen-bond acceptors (Lipinski definition) is 3. The van der Waals surface area contributed by atoms with Crippen LogP contribution in [0.3, 0.4) is 0 Å². The van der Waals surface area contributed by atoms with E-state index in [1.807, 2.05) is 60.7 Å². The highest BCUT2D eigenvalue weighted by Gasteiger charge is 2.13. The van der Waals surface area contributed by atoms with Crippen LogP contribution >= 0.6 is 0 Å². The van der Waals surface area contributed by atoms with E-state index in [0.717, 1.165) is 28.1 Å². The molecule has 0 atom stereocenters. The van der Waals surface area contributed by atoms with Gasteiger partial charge in [-0.1, -0.05) is 18.2 Å². The first kappa shape index (κ1) is 12.6. The van der Waals surface area contributed by atoms with Gasteiger partial charge in [0.15, 0.2) is 0 Å². The van der Waals surface area contributed by atoms with E-state index in [1.165, 1.54) is 0 Å². The summed E-state index contributed by atoms with van der Waals surface area (Å²) in [5.74, 6) is 0. The van der Waals surface area contributed by atoms with Gasteiger partial charge in [0, 0.05) is 11.4 Å². The maximum absolute atomic E-state index is 7.92. The highest BCUT2D eigenvalue weighted by Crippen LogP contribution is 2.28. The van der Waals surface area contributed by atoms with Crippen molar-refractivity contribution >= 4 is 16.7 Å². The van der Waals surface area contributed by atoms with Gasteiger partial charge in [-0.15, -0.1) is 0 Å². The first-order valence-electron chi connectivity index (χ1n) is 7.04. The number of rotatable bonds is 1. The molecule has 2 aromatic carbocycles. The Hall–Kier alpha value is -3.14. The number of fused-ring (bicyclic) bond motifs is 2. The first-order valence-corrected chi connectivity index (χ1v) is 7.04. The van der Waals surface area contributed by atoms with Crippen LogP contribution in [0, 0.1) is 5.41 Å². The summed E-state index contributed by atoms with van der Waals surface area (Å²) in [4.78, 5) is 4.69. The van der Waals surface area contributed by atoms with Crippen LogP contribution in [-0.4, -0.2) is 9.55 Å². The van der Waals surface area contributed by atoms with Crippen LogP contribution in [0.2, 0.25) is 0 Å². The van der Waals surface area contributed by atoms with Crippen molar-refractivity contribution in [2.75, 3.05) is 5.73 Å². The maximum Gasteiger partial charge on any atom is 0.0879 e. The summed E-state index contributed by atoms with van der Waals surface area (Å²) >= 11 is 0. The Morgan fingerprint density at radius 2 is 1.73 bits per heavy atom. The molecule has 0 aromatic heterocycles. The van der Waals surface area contributed by atoms with Gasteiger partial charge in [-0.2, -0.15) is 0 Å². The number of nitrogens with zero attached hydrogens (tertiary/aromatic N) is 2. The fourth-order valence-corrected chi connectivity index (χ4v) is 2.73. The van der Waals surface area contributed by atoms with Crippen molar-refractivity contribution < 1.29 is 0 Å². The molecule has 1 aliphatic heterocycles. The van der Waals surface area contributed by atoms with E-state index < -0.39 is 0 Å². The third kappa shape index (κ3) is 1.93. The lowest BCUT2D eigenvalue weighted by molar-refractivity contribution is 1.07. The summed E-state index contributed by atoms with van der Waals surface area (Å²) < 4.78 is 2.10. The second-order valence-corrected chi connectivity index (χ2v) is 5.23. The van der Waals surface area contributed by atoms with E-state index >= 15 is 0 Å². The Kier molecular flexibility index (Phi) is 2.69. The molecule has 0 unspecified atom stereocenters. The molecule has 0 radical (unpaired) electrons. The smallest absolute Gasteiger partial charge is 0.0879 e. The van der Waals surface area contributed by atoms with Gasteiger partial charge in [0.05, 0.1) is 27.8 Å². The molecular weight excluding hydrogens is 272 g/mol. The minimum absolute atomic E-state index is 0.460. The maximum atomic E-state index is 7.92. The summed E-state index contributed by atoms with van der Waals surface area (Å²) in [6, 6.07) is 21.2. The zero-order valence-corrected chi connectivity index (χ0v) is 11.8. The predicted molar refractivity (Wildman–Crippen MR) is 88.0 cm³/mol. The molecule has 2 aliphatic rings. The molecule has 0 fully saturated rings. The van der Waals surface area contributed by atoms with Gasteiger partial charge in [-0.3, -0.25) is 0 Å². The predicted octanol–water partition coefficient (Wildman–Crippen LogP) is 3.19.